The normalized spacial score (nSPS) is 15.9. The molecule has 6 nitrogen and oxygen atoms in total. The van der Waals surface area contributed by atoms with E-state index in [2.05, 4.69) is 4.98 Å². The molecule has 2 rings (SSSR count). The fourth-order valence-electron chi connectivity index (χ4n) is 2.31. The van der Waals surface area contributed by atoms with E-state index in [0.717, 1.165) is 19.3 Å². The van der Waals surface area contributed by atoms with Crippen molar-refractivity contribution in [3.8, 4) is 0 Å². The Hall–Kier alpha value is -1.09. The van der Waals surface area contributed by atoms with Crippen LogP contribution in [-0.2, 0) is 10.0 Å². The smallest absolute Gasteiger partial charge is 0.245 e. The van der Waals surface area contributed by atoms with Crippen molar-refractivity contribution in [1.29, 1.82) is 0 Å². The van der Waals surface area contributed by atoms with Crippen LogP contribution in [0.4, 0.5) is 0 Å². The SMILES string of the molecule is NC(=S)c1ncccc1S(=O)(=O)N(CCCO)C1CCC1. The van der Waals surface area contributed by atoms with Crippen LogP contribution in [0.15, 0.2) is 23.2 Å². The Balaban J connectivity index is 2.40. The lowest BCUT2D eigenvalue weighted by atomic mass is 9.93. The molecule has 1 saturated carbocycles. The van der Waals surface area contributed by atoms with Gasteiger partial charge in [0.1, 0.15) is 15.6 Å². The number of hydrogen-bond acceptors (Lipinski definition) is 5. The lowest BCUT2D eigenvalue weighted by molar-refractivity contribution is 0.198. The van der Waals surface area contributed by atoms with E-state index >= 15 is 0 Å². The molecule has 1 fully saturated rings. The van der Waals surface area contributed by atoms with Gasteiger partial charge in [-0.05, 0) is 31.4 Å². The fourth-order valence-corrected chi connectivity index (χ4v) is 4.42. The zero-order chi connectivity index (χ0) is 15.5. The number of nitrogens with zero attached hydrogens (tertiary/aromatic N) is 2. The minimum absolute atomic E-state index is 0.0130. The van der Waals surface area contributed by atoms with Gasteiger partial charge in [0.05, 0.1) is 0 Å². The minimum Gasteiger partial charge on any atom is -0.396 e. The summed E-state index contributed by atoms with van der Waals surface area (Å²) in [5.74, 6) is 0. The average Bonchev–Trinajstić information content (AvgIpc) is 2.41. The standard InChI is InChI=1S/C13H19N3O3S2/c14-13(20)12-11(6-2-7-15-12)21(18,19)16(8-3-9-17)10-4-1-5-10/h2,6-7,10,17H,1,3-5,8-9H2,(H2,14,20). The Labute approximate surface area is 130 Å². The van der Waals surface area contributed by atoms with Gasteiger partial charge in [-0.1, -0.05) is 18.6 Å². The predicted molar refractivity (Wildman–Crippen MR) is 83.4 cm³/mol. The van der Waals surface area contributed by atoms with Crippen molar-refractivity contribution >= 4 is 27.2 Å². The first-order valence-electron chi connectivity index (χ1n) is 6.86. The van der Waals surface area contributed by atoms with Crippen LogP contribution in [0.3, 0.4) is 0 Å². The monoisotopic (exact) mass is 329 g/mol. The average molecular weight is 329 g/mol. The summed E-state index contributed by atoms with van der Waals surface area (Å²) in [5, 5.41) is 8.99. The van der Waals surface area contributed by atoms with Crippen molar-refractivity contribution < 1.29 is 13.5 Å². The lowest BCUT2D eigenvalue weighted by Crippen LogP contribution is -2.45. The molecule has 0 saturated heterocycles. The van der Waals surface area contributed by atoms with E-state index in [9.17, 15) is 8.42 Å². The number of aliphatic hydroxyl groups excluding tert-OH is 1. The van der Waals surface area contributed by atoms with Crippen molar-refractivity contribution in [2.45, 2.75) is 36.6 Å². The van der Waals surface area contributed by atoms with Crippen molar-refractivity contribution in [3.05, 3.63) is 24.0 Å². The second-order valence-electron chi connectivity index (χ2n) is 4.99. The summed E-state index contributed by atoms with van der Waals surface area (Å²) in [7, 11) is -3.72. The van der Waals surface area contributed by atoms with Crippen LogP contribution in [0, 0.1) is 0 Å². The molecule has 0 aromatic carbocycles. The minimum atomic E-state index is -3.72. The molecule has 1 aliphatic rings. The number of thiocarbonyl (C=S) groups is 1. The summed E-state index contributed by atoms with van der Waals surface area (Å²) in [4.78, 5) is 4.00. The number of aliphatic hydroxyl groups is 1. The van der Waals surface area contributed by atoms with Crippen LogP contribution in [0.25, 0.3) is 0 Å². The zero-order valence-corrected chi connectivity index (χ0v) is 13.2. The molecule has 1 heterocycles. The zero-order valence-electron chi connectivity index (χ0n) is 11.6. The highest BCUT2D eigenvalue weighted by molar-refractivity contribution is 7.89. The molecule has 0 bridgehead atoms. The van der Waals surface area contributed by atoms with Gasteiger partial charge < -0.3 is 10.8 Å². The van der Waals surface area contributed by atoms with E-state index in [1.807, 2.05) is 0 Å². The molecule has 3 N–H and O–H groups in total. The number of nitrogens with two attached hydrogens (primary N) is 1. The summed E-state index contributed by atoms with van der Waals surface area (Å²) in [5.41, 5.74) is 5.71. The van der Waals surface area contributed by atoms with Crippen molar-refractivity contribution in [2.24, 2.45) is 5.73 Å². The van der Waals surface area contributed by atoms with E-state index in [1.165, 1.54) is 16.6 Å². The Bertz CT molecular complexity index is 615. The number of hydrogen-bond donors (Lipinski definition) is 2. The molecule has 0 spiro atoms. The highest BCUT2D eigenvalue weighted by Gasteiger charge is 2.36. The molecule has 0 amide bonds. The second kappa shape index (κ2) is 6.78. The summed E-state index contributed by atoms with van der Waals surface area (Å²) in [6.07, 6.45) is 4.57. The van der Waals surface area contributed by atoms with Crippen LogP contribution in [0.2, 0.25) is 0 Å². The quantitative estimate of drug-likeness (QED) is 0.713. The van der Waals surface area contributed by atoms with Crippen LogP contribution >= 0.6 is 12.2 Å². The van der Waals surface area contributed by atoms with Gasteiger partial charge in [0, 0.05) is 25.4 Å². The fraction of sp³-hybridized carbons (Fsp3) is 0.538. The maximum atomic E-state index is 12.9. The molecule has 1 aliphatic carbocycles. The van der Waals surface area contributed by atoms with Crippen LogP contribution < -0.4 is 5.73 Å². The van der Waals surface area contributed by atoms with E-state index < -0.39 is 10.0 Å². The van der Waals surface area contributed by atoms with Gasteiger partial charge in [0.15, 0.2) is 0 Å². The first kappa shape index (κ1) is 16.3. The van der Waals surface area contributed by atoms with E-state index in [0.29, 0.717) is 6.42 Å². The molecule has 1 aromatic rings. The predicted octanol–water partition coefficient (Wildman–Crippen LogP) is 0.641. The summed E-state index contributed by atoms with van der Waals surface area (Å²) < 4.78 is 27.2. The van der Waals surface area contributed by atoms with Gasteiger partial charge in [-0.25, -0.2) is 8.42 Å². The summed E-state index contributed by atoms with van der Waals surface area (Å²) in [6.45, 7) is 0.239. The Morgan fingerprint density at radius 2 is 2.24 bits per heavy atom. The number of aromatic nitrogens is 1. The molecular weight excluding hydrogens is 310 g/mol. The number of rotatable bonds is 7. The van der Waals surface area contributed by atoms with Gasteiger partial charge >= 0.3 is 0 Å². The lowest BCUT2D eigenvalue weighted by Gasteiger charge is -2.36. The Morgan fingerprint density at radius 1 is 1.52 bits per heavy atom. The Kier molecular flexibility index (Phi) is 5.26. The van der Waals surface area contributed by atoms with Gasteiger partial charge in [-0.3, -0.25) is 4.98 Å². The van der Waals surface area contributed by atoms with Gasteiger partial charge in [-0.15, -0.1) is 0 Å². The molecule has 0 radical (unpaired) electrons. The van der Waals surface area contributed by atoms with Crippen LogP contribution in [0.5, 0.6) is 0 Å². The van der Waals surface area contributed by atoms with Crippen LogP contribution in [0.1, 0.15) is 31.4 Å². The summed E-state index contributed by atoms with van der Waals surface area (Å²) >= 11 is 4.89. The van der Waals surface area contributed by atoms with Gasteiger partial charge in [0.2, 0.25) is 10.0 Å². The molecule has 116 valence electrons. The molecule has 8 heteroatoms. The third-order valence-electron chi connectivity index (χ3n) is 3.61. The van der Waals surface area contributed by atoms with Crippen molar-refractivity contribution in [3.63, 3.8) is 0 Å². The summed E-state index contributed by atoms with van der Waals surface area (Å²) in [6, 6.07) is 3.02. The maximum Gasteiger partial charge on any atom is 0.245 e. The molecular formula is C13H19N3O3S2. The number of sulfonamides is 1. The molecule has 0 aliphatic heterocycles. The highest BCUT2D eigenvalue weighted by Crippen LogP contribution is 2.30. The third kappa shape index (κ3) is 3.39. The van der Waals surface area contributed by atoms with Crippen molar-refractivity contribution in [2.75, 3.05) is 13.2 Å². The van der Waals surface area contributed by atoms with Crippen LogP contribution in [-0.4, -0.2) is 47.0 Å². The maximum absolute atomic E-state index is 12.9. The number of pyridine rings is 1. The van der Waals surface area contributed by atoms with Gasteiger partial charge in [-0.2, -0.15) is 4.31 Å². The van der Waals surface area contributed by atoms with E-state index in [-0.39, 0.29) is 34.8 Å². The van der Waals surface area contributed by atoms with E-state index in [4.69, 9.17) is 23.1 Å². The molecule has 0 unspecified atom stereocenters. The molecule has 21 heavy (non-hydrogen) atoms. The third-order valence-corrected chi connectivity index (χ3v) is 5.79. The molecule has 0 atom stereocenters. The highest BCUT2D eigenvalue weighted by atomic mass is 32.2. The Morgan fingerprint density at radius 3 is 2.76 bits per heavy atom. The second-order valence-corrected chi connectivity index (χ2v) is 7.29. The van der Waals surface area contributed by atoms with E-state index in [1.54, 1.807) is 6.07 Å². The largest absolute Gasteiger partial charge is 0.396 e. The topological polar surface area (TPSA) is 96.5 Å². The van der Waals surface area contributed by atoms with Gasteiger partial charge in [0.25, 0.3) is 0 Å². The molecule has 1 aromatic heterocycles. The van der Waals surface area contributed by atoms with Crippen molar-refractivity contribution in [1.82, 2.24) is 9.29 Å². The first-order valence-corrected chi connectivity index (χ1v) is 8.71. The first-order chi connectivity index (χ1) is 9.98.